The van der Waals surface area contributed by atoms with Gasteiger partial charge in [-0.25, -0.2) is 9.37 Å². The Balaban J connectivity index is 1.97. The zero-order chi connectivity index (χ0) is 13.0. The van der Waals surface area contributed by atoms with Gasteiger partial charge in [0.25, 0.3) is 0 Å². The third kappa shape index (κ3) is 3.63. The lowest BCUT2D eigenvalue weighted by Crippen LogP contribution is -2.18. The van der Waals surface area contributed by atoms with Crippen LogP contribution in [0.25, 0.3) is 0 Å². The first-order valence-electron chi connectivity index (χ1n) is 5.56. The highest BCUT2D eigenvalue weighted by Gasteiger charge is 2.04. The minimum Gasteiger partial charge on any atom is -0.350 e. The molecule has 0 radical (unpaired) electrons. The van der Waals surface area contributed by atoms with Gasteiger partial charge in [-0.05, 0) is 17.7 Å². The number of thiazole rings is 1. The van der Waals surface area contributed by atoms with Crippen LogP contribution in [0.15, 0.2) is 30.5 Å². The molecule has 0 spiro atoms. The third-order valence-corrected chi connectivity index (χ3v) is 3.38. The summed E-state index contributed by atoms with van der Waals surface area (Å²) in [7, 11) is 0. The number of carbonyl (C=O) groups is 1. The van der Waals surface area contributed by atoms with Crippen molar-refractivity contribution >= 4 is 17.2 Å². The highest BCUT2D eigenvalue weighted by atomic mass is 32.1. The monoisotopic (exact) mass is 264 g/mol. The molecule has 0 aliphatic carbocycles. The van der Waals surface area contributed by atoms with E-state index < -0.39 is 0 Å². The summed E-state index contributed by atoms with van der Waals surface area (Å²) in [5, 5.41) is 3.58. The van der Waals surface area contributed by atoms with Crippen molar-refractivity contribution in [2.45, 2.75) is 19.9 Å². The van der Waals surface area contributed by atoms with Crippen molar-refractivity contribution in [1.82, 2.24) is 10.3 Å². The van der Waals surface area contributed by atoms with Crippen LogP contribution in [0.3, 0.4) is 0 Å². The molecule has 1 heterocycles. The van der Waals surface area contributed by atoms with Gasteiger partial charge in [0, 0.05) is 24.4 Å². The van der Waals surface area contributed by atoms with Crippen LogP contribution in [0.1, 0.15) is 22.4 Å². The first-order chi connectivity index (χ1) is 8.63. The third-order valence-electron chi connectivity index (χ3n) is 2.38. The molecule has 0 aliphatic heterocycles. The van der Waals surface area contributed by atoms with Crippen molar-refractivity contribution in [3.05, 3.63) is 51.7 Å². The lowest BCUT2D eigenvalue weighted by atomic mass is 10.1. The second-order valence-electron chi connectivity index (χ2n) is 3.93. The van der Waals surface area contributed by atoms with Gasteiger partial charge < -0.3 is 5.32 Å². The van der Waals surface area contributed by atoms with Crippen molar-refractivity contribution in [3.63, 3.8) is 0 Å². The molecule has 0 saturated heterocycles. The van der Waals surface area contributed by atoms with Gasteiger partial charge in [0.2, 0.25) is 5.91 Å². The molecule has 1 aromatic carbocycles. The number of amides is 1. The molecule has 0 fully saturated rings. The molecule has 18 heavy (non-hydrogen) atoms. The lowest BCUT2D eigenvalue weighted by Gasteiger charge is -1.98. The first kappa shape index (κ1) is 12.7. The Morgan fingerprint density at radius 1 is 1.39 bits per heavy atom. The van der Waals surface area contributed by atoms with Crippen LogP contribution in [0.4, 0.5) is 4.39 Å². The second-order valence-corrected chi connectivity index (χ2v) is 5.13. The molecule has 1 aromatic heterocycles. The number of halogens is 1. The number of hydrogen-bond donors (Lipinski definition) is 1. The largest absolute Gasteiger partial charge is 0.350 e. The maximum atomic E-state index is 12.8. The summed E-state index contributed by atoms with van der Waals surface area (Å²) in [6.45, 7) is 1.94. The van der Waals surface area contributed by atoms with Crippen LogP contribution in [0.5, 0.6) is 0 Å². The average Bonchev–Trinajstić information content (AvgIpc) is 2.77. The molecule has 0 aliphatic rings. The smallest absolute Gasteiger partial charge is 0.217 e. The predicted octanol–water partition coefficient (Wildman–Crippen LogP) is 2.51. The fourth-order valence-electron chi connectivity index (χ4n) is 1.52. The highest BCUT2D eigenvalue weighted by molar-refractivity contribution is 7.11. The summed E-state index contributed by atoms with van der Waals surface area (Å²) in [5.74, 6) is -0.292. The van der Waals surface area contributed by atoms with Crippen LogP contribution in [-0.2, 0) is 17.8 Å². The molecule has 0 atom stereocenters. The summed E-state index contributed by atoms with van der Waals surface area (Å²) in [6, 6.07) is 6.44. The lowest BCUT2D eigenvalue weighted by molar-refractivity contribution is -0.119. The highest BCUT2D eigenvalue weighted by Crippen LogP contribution is 2.17. The summed E-state index contributed by atoms with van der Waals surface area (Å²) < 4.78 is 12.8. The molecular weight excluding hydrogens is 251 g/mol. The van der Waals surface area contributed by atoms with E-state index in [0.29, 0.717) is 6.54 Å². The molecule has 0 bridgehead atoms. The number of aromatic nitrogens is 1. The van der Waals surface area contributed by atoms with E-state index in [4.69, 9.17) is 0 Å². The van der Waals surface area contributed by atoms with Crippen LogP contribution < -0.4 is 5.32 Å². The summed E-state index contributed by atoms with van der Waals surface area (Å²) in [5.41, 5.74) is 1.05. The Morgan fingerprint density at radius 2 is 2.11 bits per heavy atom. The van der Waals surface area contributed by atoms with E-state index in [2.05, 4.69) is 10.3 Å². The fourth-order valence-corrected chi connectivity index (χ4v) is 2.41. The number of hydrogen-bond acceptors (Lipinski definition) is 3. The van der Waals surface area contributed by atoms with Gasteiger partial charge in [-0.15, -0.1) is 11.3 Å². The quantitative estimate of drug-likeness (QED) is 0.922. The predicted molar refractivity (Wildman–Crippen MR) is 68.8 cm³/mol. The van der Waals surface area contributed by atoms with Crippen molar-refractivity contribution in [1.29, 1.82) is 0 Å². The Kier molecular flexibility index (Phi) is 4.04. The van der Waals surface area contributed by atoms with Crippen LogP contribution in [-0.4, -0.2) is 10.9 Å². The van der Waals surface area contributed by atoms with E-state index in [1.807, 2.05) is 0 Å². The topological polar surface area (TPSA) is 42.0 Å². The van der Waals surface area contributed by atoms with Crippen molar-refractivity contribution < 1.29 is 9.18 Å². The van der Waals surface area contributed by atoms with Crippen LogP contribution >= 0.6 is 11.3 Å². The Labute approximate surface area is 109 Å². The summed E-state index contributed by atoms with van der Waals surface area (Å²) >= 11 is 1.55. The maximum absolute atomic E-state index is 12.8. The van der Waals surface area contributed by atoms with Gasteiger partial charge in [-0.1, -0.05) is 12.1 Å². The summed E-state index contributed by atoms with van der Waals surface area (Å²) in [4.78, 5) is 16.1. The molecule has 0 unspecified atom stereocenters. The first-order valence-corrected chi connectivity index (χ1v) is 6.37. The Bertz CT molecular complexity index is 536. The molecule has 1 N–H and O–H groups in total. The molecule has 3 nitrogen and oxygen atoms in total. The molecule has 1 amide bonds. The number of nitrogens with zero attached hydrogens (tertiary/aromatic N) is 1. The van der Waals surface area contributed by atoms with E-state index in [0.717, 1.165) is 21.9 Å². The van der Waals surface area contributed by atoms with E-state index in [9.17, 15) is 9.18 Å². The number of nitrogens with one attached hydrogen (secondary N) is 1. The minimum absolute atomic E-state index is 0.0646. The number of rotatable bonds is 4. The van der Waals surface area contributed by atoms with Crippen molar-refractivity contribution in [3.8, 4) is 0 Å². The molecular formula is C13H13FN2OS. The number of carbonyl (C=O) groups excluding carboxylic acids is 1. The van der Waals surface area contributed by atoms with E-state index in [-0.39, 0.29) is 11.7 Å². The second kappa shape index (κ2) is 5.73. The Morgan fingerprint density at radius 3 is 2.78 bits per heavy atom. The van der Waals surface area contributed by atoms with E-state index in [1.165, 1.54) is 19.1 Å². The summed E-state index contributed by atoms with van der Waals surface area (Å²) in [6.07, 6.45) is 2.53. The van der Waals surface area contributed by atoms with E-state index in [1.54, 1.807) is 29.7 Å². The average molecular weight is 264 g/mol. The zero-order valence-corrected chi connectivity index (χ0v) is 10.8. The minimum atomic E-state index is -0.227. The van der Waals surface area contributed by atoms with Gasteiger partial charge in [0.15, 0.2) is 0 Å². The van der Waals surface area contributed by atoms with Crippen molar-refractivity contribution in [2.75, 3.05) is 0 Å². The molecule has 94 valence electrons. The van der Waals surface area contributed by atoms with Crippen LogP contribution in [0, 0.1) is 5.82 Å². The van der Waals surface area contributed by atoms with Gasteiger partial charge >= 0.3 is 0 Å². The van der Waals surface area contributed by atoms with Gasteiger partial charge in [0.05, 0.1) is 6.54 Å². The van der Waals surface area contributed by atoms with Crippen LogP contribution in [0.2, 0.25) is 0 Å². The standard InChI is InChI=1S/C13H13FN2OS/c1-9(17)15-8-13-16-7-12(18-13)6-10-2-4-11(14)5-3-10/h2-5,7H,6,8H2,1H3,(H,15,17). The Hall–Kier alpha value is -1.75. The van der Waals surface area contributed by atoms with Gasteiger partial charge in [-0.3, -0.25) is 4.79 Å². The molecule has 2 rings (SSSR count). The van der Waals surface area contributed by atoms with Crippen molar-refractivity contribution in [2.24, 2.45) is 0 Å². The fraction of sp³-hybridized carbons (Fsp3) is 0.231. The number of benzene rings is 1. The normalized spacial score (nSPS) is 10.3. The zero-order valence-electron chi connectivity index (χ0n) is 9.94. The SMILES string of the molecule is CC(=O)NCc1ncc(Cc2ccc(F)cc2)s1. The van der Waals surface area contributed by atoms with Gasteiger partial charge in [0.1, 0.15) is 10.8 Å². The molecule has 0 saturated carbocycles. The van der Waals surface area contributed by atoms with Gasteiger partial charge in [-0.2, -0.15) is 0 Å². The maximum Gasteiger partial charge on any atom is 0.217 e. The molecule has 5 heteroatoms. The van der Waals surface area contributed by atoms with E-state index >= 15 is 0 Å². The molecule has 2 aromatic rings.